The van der Waals surface area contributed by atoms with Gasteiger partial charge in [0.2, 0.25) is 0 Å². The molecule has 0 unspecified atom stereocenters. The second-order valence-corrected chi connectivity index (χ2v) is 5.56. The highest BCUT2D eigenvalue weighted by atomic mass is 35.5. The maximum Gasteiger partial charge on any atom is 0.417 e. The highest BCUT2D eigenvalue weighted by molar-refractivity contribution is 6.33. The van der Waals surface area contributed by atoms with Gasteiger partial charge in [-0.15, -0.1) is 0 Å². The largest absolute Gasteiger partial charge is 0.481 e. The lowest BCUT2D eigenvalue weighted by Crippen LogP contribution is -2.24. The van der Waals surface area contributed by atoms with Gasteiger partial charge in [0.1, 0.15) is 11.8 Å². The number of hydrogen-bond acceptors (Lipinski definition) is 6. The SMILES string of the molecule is N#Cc1ccccc1OCC(=O)OCC(=O)Nc1ncc(C(F)(F)F)cc1Cl. The molecule has 0 atom stereocenters. The van der Waals surface area contributed by atoms with E-state index in [0.29, 0.717) is 12.3 Å². The fourth-order valence-electron chi connectivity index (χ4n) is 1.86. The van der Waals surface area contributed by atoms with E-state index in [-0.39, 0.29) is 17.1 Å². The van der Waals surface area contributed by atoms with Crippen molar-refractivity contribution in [3.8, 4) is 11.8 Å². The van der Waals surface area contributed by atoms with E-state index in [0.717, 1.165) is 0 Å². The van der Waals surface area contributed by atoms with Gasteiger partial charge in [0.15, 0.2) is 19.0 Å². The second-order valence-electron chi connectivity index (χ2n) is 5.16. The summed E-state index contributed by atoms with van der Waals surface area (Å²) in [5.74, 6) is -1.89. The quantitative estimate of drug-likeness (QED) is 0.730. The summed E-state index contributed by atoms with van der Waals surface area (Å²) >= 11 is 5.66. The molecule has 0 radical (unpaired) electrons. The number of esters is 1. The number of pyridine rings is 1. The topological polar surface area (TPSA) is 101 Å². The minimum Gasteiger partial charge on any atom is -0.481 e. The standard InChI is InChI=1S/C17H11ClF3N3O4/c18-12-5-11(17(19,20)21)7-23-16(12)24-14(25)8-28-15(26)9-27-13-4-2-1-3-10(13)6-22/h1-5,7H,8-9H2,(H,23,24,25). The van der Waals surface area contributed by atoms with Crippen LogP contribution >= 0.6 is 11.6 Å². The minimum atomic E-state index is -4.63. The molecule has 0 aliphatic heterocycles. The van der Waals surface area contributed by atoms with Gasteiger partial charge in [0, 0.05) is 6.20 Å². The van der Waals surface area contributed by atoms with Crippen molar-refractivity contribution < 1.29 is 32.2 Å². The number of aromatic nitrogens is 1. The number of rotatable bonds is 6. The summed E-state index contributed by atoms with van der Waals surface area (Å²) < 4.78 is 47.4. The van der Waals surface area contributed by atoms with Gasteiger partial charge in [-0.1, -0.05) is 23.7 Å². The molecule has 2 aromatic rings. The smallest absolute Gasteiger partial charge is 0.417 e. The average Bonchev–Trinajstić information content (AvgIpc) is 2.65. The Morgan fingerprint density at radius 3 is 2.61 bits per heavy atom. The molecule has 0 saturated heterocycles. The highest BCUT2D eigenvalue weighted by Gasteiger charge is 2.31. The number of benzene rings is 1. The number of nitrogens with one attached hydrogen (secondary N) is 1. The minimum absolute atomic E-state index is 0.173. The zero-order chi connectivity index (χ0) is 20.7. The molecule has 28 heavy (non-hydrogen) atoms. The number of carbonyl (C=O) groups excluding carboxylic acids is 2. The molecule has 0 aliphatic carbocycles. The Labute approximate surface area is 161 Å². The van der Waals surface area contributed by atoms with Crippen molar-refractivity contribution in [2.75, 3.05) is 18.5 Å². The summed E-state index contributed by atoms with van der Waals surface area (Å²) in [5, 5.41) is 10.6. The van der Waals surface area contributed by atoms with Crippen LogP contribution in [0.25, 0.3) is 0 Å². The van der Waals surface area contributed by atoms with Crippen LogP contribution in [0.4, 0.5) is 19.0 Å². The van der Waals surface area contributed by atoms with E-state index >= 15 is 0 Å². The maximum atomic E-state index is 12.5. The molecular weight excluding hydrogens is 403 g/mol. The Hall–Kier alpha value is -3.32. The maximum absolute atomic E-state index is 12.5. The van der Waals surface area contributed by atoms with Gasteiger partial charge in [-0.25, -0.2) is 9.78 Å². The van der Waals surface area contributed by atoms with Crippen LogP contribution in [0, 0.1) is 11.3 Å². The van der Waals surface area contributed by atoms with Crippen LogP contribution in [0.1, 0.15) is 11.1 Å². The normalized spacial score (nSPS) is 10.7. The van der Waals surface area contributed by atoms with E-state index in [1.807, 2.05) is 6.07 Å². The van der Waals surface area contributed by atoms with Gasteiger partial charge >= 0.3 is 12.1 Å². The summed E-state index contributed by atoms with van der Waals surface area (Å²) in [6.07, 6.45) is -4.12. The predicted octanol–water partition coefficient (Wildman–Crippen LogP) is 3.19. The van der Waals surface area contributed by atoms with Gasteiger partial charge in [-0.3, -0.25) is 4.79 Å². The van der Waals surface area contributed by atoms with E-state index in [1.54, 1.807) is 12.1 Å². The summed E-state index contributed by atoms with van der Waals surface area (Å²) in [5.41, 5.74) is -0.854. The number of nitriles is 1. The van der Waals surface area contributed by atoms with Crippen LogP contribution in [-0.2, 0) is 20.5 Å². The molecule has 1 heterocycles. The van der Waals surface area contributed by atoms with Crippen molar-refractivity contribution in [2.24, 2.45) is 0 Å². The van der Waals surface area contributed by atoms with Crippen molar-refractivity contribution in [3.05, 3.63) is 52.7 Å². The van der Waals surface area contributed by atoms with Crippen molar-refractivity contribution >= 4 is 29.3 Å². The lowest BCUT2D eigenvalue weighted by Gasteiger charge is -2.10. The average molecular weight is 414 g/mol. The number of hydrogen-bond donors (Lipinski definition) is 1. The number of para-hydroxylation sites is 1. The van der Waals surface area contributed by atoms with Gasteiger partial charge in [0.05, 0.1) is 16.1 Å². The summed E-state index contributed by atoms with van der Waals surface area (Å²) in [6, 6.07) is 8.70. The van der Waals surface area contributed by atoms with Crippen molar-refractivity contribution in [2.45, 2.75) is 6.18 Å². The molecule has 0 bridgehead atoms. The zero-order valence-electron chi connectivity index (χ0n) is 13.9. The molecule has 11 heteroatoms. The van der Waals surface area contributed by atoms with Crippen LogP contribution in [0.5, 0.6) is 5.75 Å². The Bertz CT molecular complexity index is 929. The molecule has 2 rings (SSSR count). The van der Waals surface area contributed by atoms with E-state index < -0.39 is 41.9 Å². The molecular formula is C17H11ClF3N3O4. The number of alkyl halides is 3. The Morgan fingerprint density at radius 1 is 1.25 bits per heavy atom. The first-order valence-corrected chi connectivity index (χ1v) is 7.88. The van der Waals surface area contributed by atoms with Crippen LogP contribution in [-0.4, -0.2) is 30.1 Å². The van der Waals surface area contributed by atoms with Crippen LogP contribution in [0.2, 0.25) is 5.02 Å². The molecule has 0 saturated carbocycles. The lowest BCUT2D eigenvalue weighted by molar-refractivity contribution is -0.149. The van der Waals surface area contributed by atoms with Crippen molar-refractivity contribution in [1.29, 1.82) is 5.26 Å². The Morgan fingerprint density at radius 2 is 1.96 bits per heavy atom. The number of nitrogens with zero attached hydrogens (tertiary/aromatic N) is 2. The monoisotopic (exact) mass is 413 g/mol. The molecule has 1 N–H and O–H groups in total. The summed E-state index contributed by atoms with van der Waals surface area (Å²) in [7, 11) is 0. The van der Waals surface area contributed by atoms with Crippen LogP contribution < -0.4 is 10.1 Å². The predicted molar refractivity (Wildman–Crippen MR) is 90.5 cm³/mol. The first-order valence-electron chi connectivity index (χ1n) is 7.51. The van der Waals surface area contributed by atoms with Crippen LogP contribution in [0.15, 0.2) is 36.5 Å². The molecule has 0 aliphatic rings. The highest BCUT2D eigenvalue weighted by Crippen LogP contribution is 2.32. The fourth-order valence-corrected chi connectivity index (χ4v) is 2.08. The van der Waals surface area contributed by atoms with Crippen molar-refractivity contribution in [1.82, 2.24) is 4.98 Å². The number of halogens is 4. The van der Waals surface area contributed by atoms with Gasteiger partial charge in [-0.05, 0) is 18.2 Å². The van der Waals surface area contributed by atoms with E-state index in [9.17, 15) is 22.8 Å². The first-order chi connectivity index (χ1) is 13.2. The summed E-state index contributed by atoms with van der Waals surface area (Å²) in [6.45, 7) is -1.29. The molecule has 0 spiro atoms. The molecule has 1 aromatic carbocycles. The molecule has 0 fully saturated rings. The Balaban J connectivity index is 1.84. The van der Waals surface area contributed by atoms with Gasteiger partial charge < -0.3 is 14.8 Å². The molecule has 1 amide bonds. The third-order valence-electron chi connectivity index (χ3n) is 3.14. The molecule has 146 valence electrons. The third-order valence-corrected chi connectivity index (χ3v) is 3.43. The van der Waals surface area contributed by atoms with Gasteiger partial charge in [-0.2, -0.15) is 18.4 Å². The first kappa shape index (κ1) is 21.0. The lowest BCUT2D eigenvalue weighted by atomic mass is 10.2. The third kappa shape index (κ3) is 5.85. The zero-order valence-corrected chi connectivity index (χ0v) is 14.7. The summed E-state index contributed by atoms with van der Waals surface area (Å²) in [4.78, 5) is 26.8. The van der Waals surface area contributed by atoms with Crippen molar-refractivity contribution in [3.63, 3.8) is 0 Å². The van der Waals surface area contributed by atoms with E-state index in [2.05, 4.69) is 15.0 Å². The molecule has 7 nitrogen and oxygen atoms in total. The Kier molecular flexibility index (Phi) is 6.79. The van der Waals surface area contributed by atoms with E-state index in [1.165, 1.54) is 12.1 Å². The second kappa shape index (κ2) is 9.05. The number of carbonyl (C=O) groups is 2. The number of amides is 1. The molecule has 1 aromatic heterocycles. The van der Waals surface area contributed by atoms with E-state index in [4.69, 9.17) is 21.6 Å². The van der Waals surface area contributed by atoms with Gasteiger partial charge in [0.25, 0.3) is 5.91 Å². The van der Waals surface area contributed by atoms with Crippen LogP contribution in [0.3, 0.4) is 0 Å². The number of anilines is 1. The number of ether oxygens (including phenoxy) is 2. The fraction of sp³-hybridized carbons (Fsp3) is 0.176.